The predicted molar refractivity (Wildman–Crippen MR) is 75.5 cm³/mol. The number of nitrogens with zero attached hydrogens (tertiary/aromatic N) is 1. The standard InChI is InChI=1S/C17H23N/c1-5-16(6-2)10-17(11-16,12-18)15-8-7-13(3)14(4)9-15/h7-9H,5-6,10-11H2,1-4H3. The fourth-order valence-electron chi connectivity index (χ4n) is 3.37. The van der Waals surface area contributed by atoms with Gasteiger partial charge in [-0.1, -0.05) is 44.9 Å². The molecule has 2 rings (SSSR count). The van der Waals surface area contributed by atoms with Gasteiger partial charge < -0.3 is 0 Å². The number of hydrogen-bond acceptors (Lipinski definition) is 1. The lowest BCUT2D eigenvalue weighted by Gasteiger charge is -2.53. The summed E-state index contributed by atoms with van der Waals surface area (Å²) in [4.78, 5) is 0. The summed E-state index contributed by atoms with van der Waals surface area (Å²) >= 11 is 0. The Bertz CT molecular complexity index is 481. The molecule has 0 amide bonds. The molecule has 0 bridgehead atoms. The van der Waals surface area contributed by atoms with Crippen molar-refractivity contribution in [2.75, 3.05) is 0 Å². The van der Waals surface area contributed by atoms with Crippen molar-refractivity contribution >= 4 is 0 Å². The second-order valence-corrected chi connectivity index (χ2v) is 6.05. The van der Waals surface area contributed by atoms with E-state index in [0.717, 1.165) is 12.8 Å². The molecule has 1 aromatic carbocycles. The third-order valence-electron chi connectivity index (χ3n) is 5.13. The van der Waals surface area contributed by atoms with E-state index in [0.29, 0.717) is 5.41 Å². The van der Waals surface area contributed by atoms with E-state index in [4.69, 9.17) is 0 Å². The Labute approximate surface area is 111 Å². The van der Waals surface area contributed by atoms with Gasteiger partial charge in [0.25, 0.3) is 0 Å². The van der Waals surface area contributed by atoms with E-state index in [1.54, 1.807) is 0 Å². The largest absolute Gasteiger partial charge is 0.197 e. The summed E-state index contributed by atoms with van der Waals surface area (Å²) in [5.74, 6) is 0. The van der Waals surface area contributed by atoms with Crippen LogP contribution in [0.15, 0.2) is 18.2 Å². The van der Waals surface area contributed by atoms with Gasteiger partial charge in [0.05, 0.1) is 11.5 Å². The molecule has 0 aliphatic heterocycles. The van der Waals surface area contributed by atoms with Crippen molar-refractivity contribution in [3.05, 3.63) is 34.9 Å². The minimum atomic E-state index is -0.218. The Balaban J connectivity index is 2.32. The van der Waals surface area contributed by atoms with Crippen molar-refractivity contribution in [2.45, 2.75) is 58.8 Å². The molecule has 1 aliphatic carbocycles. The zero-order valence-electron chi connectivity index (χ0n) is 12.0. The molecule has 1 aromatic rings. The minimum Gasteiger partial charge on any atom is -0.197 e. The van der Waals surface area contributed by atoms with Crippen LogP contribution < -0.4 is 0 Å². The van der Waals surface area contributed by atoms with E-state index in [-0.39, 0.29) is 5.41 Å². The molecule has 0 spiro atoms. The number of nitriles is 1. The van der Waals surface area contributed by atoms with Crippen LogP contribution in [-0.4, -0.2) is 0 Å². The lowest BCUT2D eigenvalue weighted by molar-refractivity contribution is 0.0479. The van der Waals surface area contributed by atoms with E-state index in [9.17, 15) is 5.26 Å². The smallest absolute Gasteiger partial charge is 0.0833 e. The van der Waals surface area contributed by atoms with Gasteiger partial charge in [-0.15, -0.1) is 0 Å². The summed E-state index contributed by atoms with van der Waals surface area (Å²) in [5.41, 5.74) is 4.03. The molecular weight excluding hydrogens is 218 g/mol. The van der Waals surface area contributed by atoms with Crippen molar-refractivity contribution < 1.29 is 0 Å². The summed E-state index contributed by atoms with van der Waals surface area (Å²) in [7, 11) is 0. The summed E-state index contributed by atoms with van der Waals surface area (Å²) in [6, 6.07) is 9.13. The van der Waals surface area contributed by atoms with E-state index in [1.807, 2.05) is 0 Å². The molecule has 0 atom stereocenters. The average molecular weight is 241 g/mol. The van der Waals surface area contributed by atoms with E-state index in [2.05, 4.69) is 52.0 Å². The van der Waals surface area contributed by atoms with Crippen molar-refractivity contribution in [3.63, 3.8) is 0 Å². The highest BCUT2D eigenvalue weighted by Crippen LogP contribution is 2.59. The molecule has 18 heavy (non-hydrogen) atoms. The quantitative estimate of drug-likeness (QED) is 0.754. The third kappa shape index (κ3) is 1.85. The minimum absolute atomic E-state index is 0.218. The Morgan fingerprint density at radius 2 is 1.72 bits per heavy atom. The van der Waals surface area contributed by atoms with Crippen molar-refractivity contribution in [2.24, 2.45) is 5.41 Å². The van der Waals surface area contributed by atoms with Gasteiger partial charge in [0.2, 0.25) is 0 Å². The number of rotatable bonds is 3. The molecule has 0 aromatic heterocycles. The fraction of sp³-hybridized carbons (Fsp3) is 0.588. The molecule has 1 saturated carbocycles. The zero-order chi connectivity index (χ0) is 13.4. The van der Waals surface area contributed by atoms with Gasteiger partial charge in [-0.05, 0) is 48.8 Å². The van der Waals surface area contributed by atoms with Crippen LogP contribution in [0.1, 0.15) is 56.2 Å². The molecule has 1 aliphatic rings. The van der Waals surface area contributed by atoms with Gasteiger partial charge >= 0.3 is 0 Å². The van der Waals surface area contributed by atoms with Crippen LogP contribution in [0.5, 0.6) is 0 Å². The third-order valence-corrected chi connectivity index (χ3v) is 5.13. The number of benzene rings is 1. The highest BCUT2D eigenvalue weighted by atomic mass is 14.6. The second kappa shape index (κ2) is 4.43. The molecule has 1 nitrogen and oxygen atoms in total. The highest BCUT2D eigenvalue weighted by Gasteiger charge is 2.53. The molecule has 0 radical (unpaired) electrons. The Kier molecular flexibility index (Phi) is 3.23. The van der Waals surface area contributed by atoms with Gasteiger partial charge in [0.1, 0.15) is 0 Å². The first-order valence-corrected chi connectivity index (χ1v) is 7.00. The average Bonchev–Trinajstić information content (AvgIpc) is 2.34. The number of aryl methyl sites for hydroxylation is 2. The van der Waals surface area contributed by atoms with Gasteiger partial charge in [0, 0.05) is 0 Å². The van der Waals surface area contributed by atoms with Crippen LogP contribution >= 0.6 is 0 Å². The SMILES string of the molecule is CCC1(CC)CC(C#N)(c2ccc(C)c(C)c2)C1. The Morgan fingerprint density at radius 3 is 2.17 bits per heavy atom. The van der Waals surface area contributed by atoms with Crippen molar-refractivity contribution in [1.82, 2.24) is 0 Å². The van der Waals surface area contributed by atoms with Crippen LogP contribution in [0.4, 0.5) is 0 Å². The van der Waals surface area contributed by atoms with E-state index in [1.165, 1.54) is 29.5 Å². The van der Waals surface area contributed by atoms with Gasteiger partial charge in [0.15, 0.2) is 0 Å². The normalized spacial score (nSPS) is 19.9. The molecule has 1 fully saturated rings. The lowest BCUT2D eigenvalue weighted by Crippen LogP contribution is -2.48. The summed E-state index contributed by atoms with van der Waals surface area (Å²) < 4.78 is 0. The maximum absolute atomic E-state index is 9.62. The Morgan fingerprint density at radius 1 is 1.11 bits per heavy atom. The van der Waals surface area contributed by atoms with Crippen LogP contribution in [0.3, 0.4) is 0 Å². The monoisotopic (exact) mass is 241 g/mol. The molecular formula is C17H23N. The molecule has 0 heterocycles. The van der Waals surface area contributed by atoms with E-state index >= 15 is 0 Å². The van der Waals surface area contributed by atoms with E-state index < -0.39 is 0 Å². The summed E-state index contributed by atoms with van der Waals surface area (Å²) in [5, 5.41) is 9.62. The maximum atomic E-state index is 9.62. The number of hydrogen-bond donors (Lipinski definition) is 0. The molecule has 96 valence electrons. The molecule has 0 N–H and O–H groups in total. The first-order chi connectivity index (χ1) is 8.51. The van der Waals surface area contributed by atoms with Gasteiger partial charge in [-0.2, -0.15) is 5.26 Å². The van der Waals surface area contributed by atoms with Crippen molar-refractivity contribution in [1.29, 1.82) is 5.26 Å². The predicted octanol–water partition coefficient (Wildman–Crippen LogP) is 4.67. The summed E-state index contributed by atoms with van der Waals surface area (Å²) in [6.07, 6.45) is 4.45. The summed E-state index contributed by atoms with van der Waals surface area (Å²) in [6.45, 7) is 8.77. The topological polar surface area (TPSA) is 23.8 Å². The highest BCUT2D eigenvalue weighted by molar-refractivity contribution is 5.42. The molecule has 0 unspecified atom stereocenters. The second-order valence-electron chi connectivity index (χ2n) is 6.05. The first kappa shape index (κ1) is 13.1. The molecule has 1 heteroatoms. The van der Waals surface area contributed by atoms with Crippen LogP contribution in [0.2, 0.25) is 0 Å². The van der Waals surface area contributed by atoms with Crippen molar-refractivity contribution in [3.8, 4) is 6.07 Å². The van der Waals surface area contributed by atoms with Crippen LogP contribution in [0.25, 0.3) is 0 Å². The van der Waals surface area contributed by atoms with Gasteiger partial charge in [-0.25, -0.2) is 0 Å². The van der Waals surface area contributed by atoms with Crippen LogP contribution in [-0.2, 0) is 5.41 Å². The molecule has 0 saturated heterocycles. The zero-order valence-corrected chi connectivity index (χ0v) is 12.0. The van der Waals surface area contributed by atoms with Gasteiger partial charge in [-0.3, -0.25) is 0 Å². The first-order valence-electron chi connectivity index (χ1n) is 7.00. The lowest BCUT2D eigenvalue weighted by atomic mass is 9.49. The fourth-order valence-corrected chi connectivity index (χ4v) is 3.37. The Hall–Kier alpha value is -1.29. The van der Waals surface area contributed by atoms with Crippen LogP contribution in [0, 0.1) is 30.6 Å². The maximum Gasteiger partial charge on any atom is 0.0833 e.